The molecule has 1 aromatic heterocycles. The molecule has 0 aliphatic rings. The van der Waals surface area contributed by atoms with Crippen LogP contribution in [0.1, 0.15) is 41.1 Å². The first kappa shape index (κ1) is 14.3. The summed E-state index contributed by atoms with van der Waals surface area (Å²) in [6, 6.07) is 7.60. The molecule has 0 fully saturated rings. The molecule has 20 heavy (non-hydrogen) atoms. The summed E-state index contributed by atoms with van der Waals surface area (Å²) in [4.78, 5) is 18.7. The normalized spacial score (nSPS) is 12.1. The smallest absolute Gasteiger partial charge is 0.337 e. The molecule has 1 aromatic carbocycles. The van der Waals surface area contributed by atoms with Gasteiger partial charge in [-0.3, -0.25) is 0 Å². The lowest BCUT2D eigenvalue weighted by atomic mass is 10.1. The summed E-state index contributed by atoms with van der Waals surface area (Å²) in [6.45, 7) is 2.83. The molecule has 0 spiro atoms. The van der Waals surface area contributed by atoms with E-state index in [2.05, 4.69) is 26.9 Å². The van der Waals surface area contributed by atoms with Crippen LogP contribution in [0.3, 0.4) is 0 Å². The second-order valence-electron chi connectivity index (χ2n) is 4.50. The quantitative estimate of drug-likeness (QED) is 0.793. The summed E-state index contributed by atoms with van der Waals surface area (Å²) in [5, 5.41) is 3.44. The average Bonchev–Trinajstić information content (AvgIpc) is 3.02. The lowest BCUT2D eigenvalue weighted by molar-refractivity contribution is 0.0600. The van der Waals surface area contributed by atoms with Crippen LogP contribution in [0.25, 0.3) is 0 Å². The Kier molecular flexibility index (Phi) is 4.90. The van der Waals surface area contributed by atoms with Crippen molar-refractivity contribution in [1.29, 1.82) is 0 Å². The van der Waals surface area contributed by atoms with E-state index < -0.39 is 0 Å². The van der Waals surface area contributed by atoms with E-state index in [1.54, 1.807) is 18.3 Å². The van der Waals surface area contributed by atoms with Crippen LogP contribution in [0, 0.1) is 0 Å². The molecular weight excluding hydrogens is 254 g/mol. The molecule has 0 radical (unpaired) electrons. The number of carbonyl (C=O) groups excluding carboxylic acids is 1. The molecule has 1 atom stereocenters. The molecule has 5 heteroatoms. The van der Waals surface area contributed by atoms with E-state index in [0.717, 1.165) is 24.4 Å². The highest BCUT2D eigenvalue weighted by Crippen LogP contribution is 2.13. The lowest BCUT2D eigenvalue weighted by Crippen LogP contribution is -2.21. The minimum Gasteiger partial charge on any atom is -0.465 e. The monoisotopic (exact) mass is 273 g/mol. The van der Waals surface area contributed by atoms with Crippen molar-refractivity contribution in [2.24, 2.45) is 0 Å². The number of esters is 1. The summed E-state index contributed by atoms with van der Waals surface area (Å²) in [5.74, 6) is 0.630. The maximum absolute atomic E-state index is 11.3. The standard InChI is InChI=1S/C15H19N3O2/c1-3-13(14-16-8-9-17-14)18-10-11-4-6-12(7-5-11)15(19)20-2/h4-9,13,18H,3,10H2,1-2H3,(H,16,17). The summed E-state index contributed by atoms with van der Waals surface area (Å²) >= 11 is 0. The molecule has 1 heterocycles. The Hall–Kier alpha value is -2.14. The lowest BCUT2D eigenvalue weighted by Gasteiger charge is -2.14. The Labute approximate surface area is 118 Å². The molecular formula is C15H19N3O2. The number of rotatable bonds is 6. The minimum atomic E-state index is -0.313. The Morgan fingerprint density at radius 3 is 2.70 bits per heavy atom. The molecule has 2 rings (SSSR count). The highest BCUT2D eigenvalue weighted by Gasteiger charge is 2.11. The zero-order valence-corrected chi connectivity index (χ0v) is 11.7. The van der Waals surface area contributed by atoms with Gasteiger partial charge in [0.1, 0.15) is 5.82 Å². The van der Waals surface area contributed by atoms with Gasteiger partial charge in [0.05, 0.1) is 18.7 Å². The van der Waals surface area contributed by atoms with E-state index in [1.807, 2.05) is 18.3 Å². The van der Waals surface area contributed by atoms with Crippen LogP contribution < -0.4 is 5.32 Å². The molecule has 2 N–H and O–H groups in total. The Balaban J connectivity index is 1.95. The van der Waals surface area contributed by atoms with Gasteiger partial charge in [-0.25, -0.2) is 9.78 Å². The van der Waals surface area contributed by atoms with Crippen molar-refractivity contribution in [2.75, 3.05) is 7.11 Å². The summed E-state index contributed by atoms with van der Waals surface area (Å²) in [5.41, 5.74) is 1.68. The van der Waals surface area contributed by atoms with Gasteiger partial charge in [-0.1, -0.05) is 19.1 Å². The number of ether oxygens (including phenoxy) is 1. The van der Waals surface area contributed by atoms with Crippen molar-refractivity contribution < 1.29 is 9.53 Å². The third-order valence-corrected chi connectivity index (χ3v) is 3.19. The molecule has 0 bridgehead atoms. The fraction of sp³-hybridized carbons (Fsp3) is 0.333. The Bertz CT molecular complexity index is 535. The predicted molar refractivity (Wildman–Crippen MR) is 76.2 cm³/mol. The molecule has 2 aromatic rings. The van der Waals surface area contributed by atoms with Crippen LogP contribution in [0.2, 0.25) is 0 Å². The van der Waals surface area contributed by atoms with E-state index in [0.29, 0.717) is 5.56 Å². The van der Waals surface area contributed by atoms with Gasteiger partial charge in [0.25, 0.3) is 0 Å². The summed E-state index contributed by atoms with van der Waals surface area (Å²) < 4.78 is 4.67. The van der Waals surface area contributed by atoms with Crippen LogP contribution in [-0.4, -0.2) is 23.0 Å². The van der Waals surface area contributed by atoms with Crippen LogP contribution in [0.5, 0.6) is 0 Å². The number of benzene rings is 1. The predicted octanol–water partition coefficient (Wildman–Crippen LogP) is 2.44. The van der Waals surface area contributed by atoms with Gasteiger partial charge in [-0.05, 0) is 24.1 Å². The fourth-order valence-electron chi connectivity index (χ4n) is 2.02. The number of hydrogen-bond acceptors (Lipinski definition) is 4. The number of H-pyrrole nitrogens is 1. The van der Waals surface area contributed by atoms with Gasteiger partial charge in [0, 0.05) is 18.9 Å². The number of nitrogens with one attached hydrogen (secondary N) is 2. The van der Waals surface area contributed by atoms with Gasteiger partial charge in [0.2, 0.25) is 0 Å². The van der Waals surface area contributed by atoms with Crippen molar-refractivity contribution in [3.05, 3.63) is 53.6 Å². The topological polar surface area (TPSA) is 67.0 Å². The van der Waals surface area contributed by atoms with E-state index in [9.17, 15) is 4.79 Å². The first-order valence-electron chi connectivity index (χ1n) is 6.64. The Morgan fingerprint density at radius 1 is 1.40 bits per heavy atom. The van der Waals surface area contributed by atoms with Crippen molar-refractivity contribution in [1.82, 2.24) is 15.3 Å². The molecule has 0 saturated heterocycles. The van der Waals surface area contributed by atoms with Crippen LogP contribution in [0.4, 0.5) is 0 Å². The number of imidazole rings is 1. The summed E-state index contributed by atoms with van der Waals surface area (Å²) in [7, 11) is 1.38. The number of carbonyl (C=O) groups is 1. The number of methoxy groups -OCH3 is 1. The van der Waals surface area contributed by atoms with Crippen molar-refractivity contribution in [3.8, 4) is 0 Å². The highest BCUT2D eigenvalue weighted by molar-refractivity contribution is 5.89. The van der Waals surface area contributed by atoms with Crippen LogP contribution in [0.15, 0.2) is 36.7 Å². The highest BCUT2D eigenvalue weighted by atomic mass is 16.5. The number of aromatic nitrogens is 2. The van der Waals surface area contributed by atoms with E-state index in [-0.39, 0.29) is 12.0 Å². The minimum absolute atomic E-state index is 0.199. The van der Waals surface area contributed by atoms with Gasteiger partial charge < -0.3 is 15.0 Å². The number of hydrogen-bond donors (Lipinski definition) is 2. The number of nitrogens with zero attached hydrogens (tertiary/aromatic N) is 1. The first-order chi connectivity index (χ1) is 9.74. The molecule has 0 amide bonds. The Morgan fingerprint density at radius 2 is 2.15 bits per heavy atom. The third kappa shape index (κ3) is 3.45. The van der Waals surface area contributed by atoms with E-state index in [1.165, 1.54) is 7.11 Å². The second kappa shape index (κ2) is 6.86. The average molecular weight is 273 g/mol. The van der Waals surface area contributed by atoms with Crippen LogP contribution in [-0.2, 0) is 11.3 Å². The summed E-state index contributed by atoms with van der Waals surface area (Å²) in [6.07, 6.45) is 4.53. The zero-order chi connectivity index (χ0) is 14.4. The van der Waals surface area contributed by atoms with Gasteiger partial charge in [0.15, 0.2) is 0 Å². The first-order valence-corrected chi connectivity index (χ1v) is 6.64. The van der Waals surface area contributed by atoms with Crippen molar-refractivity contribution >= 4 is 5.97 Å². The maximum Gasteiger partial charge on any atom is 0.337 e. The molecule has 0 saturated carbocycles. The second-order valence-corrected chi connectivity index (χ2v) is 4.50. The van der Waals surface area contributed by atoms with E-state index in [4.69, 9.17) is 0 Å². The fourth-order valence-corrected chi connectivity index (χ4v) is 2.02. The van der Waals surface area contributed by atoms with E-state index >= 15 is 0 Å². The molecule has 0 aliphatic heterocycles. The van der Waals surface area contributed by atoms with Crippen molar-refractivity contribution in [2.45, 2.75) is 25.9 Å². The SMILES string of the molecule is CCC(NCc1ccc(C(=O)OC)cc1)c1ncc[nH]1. The molecule has 5 nitrogen and oxygen atoms in total. The van der Waals surface area contributed by atoms with Gasteiger partial charge in [-0.15, -0.1) is 0 Å². The van der Waals surface area contributed by atoms with Gasteiger partial charge >= 0.3 is 5.97 Å². The number of aromatic amines is 1. The molecule has 106 valence electrons. The third-order valence-electron chi connectivity index (χ3n) is 3.19. The maximum atomic E-state index is 11.3. The molecule has 1 unspecified atom stereocenters. The van der Waals surface area contributed by atoms with Crippen LogP contribution >= 0.6 is 0 Å². The largest absolute Gasteiger partial charge is 0.465 e. The zero-order valence-electron chi connectivity index (χ0n) is 11.7. The molecule has 0 aliphatic carbocycles. The van der Waals surface area contributed by atoms with Gasteiger partial charge in [-0.2, -0.15) is 0 Å². The van der Waals surface area contributed by atoms with Crippen molar-refractivity contribution in [3.63, 3.8) is 0 Å².